The van der Waals surface area contributed by atoms with Gasteiger partial charge in [0.15, 0.2) is 0 Å². The van der Waals surface area contributed by atoms with Gasteiger partial charge in [-0.05, 0) is 52.7 Å². The molecule has 0 heterocycles. The minimum atomic E-state index is -0.536. The topological polar surface area (TPSA) is 12.0 Å². The summed E-state index contributed by atoms with van der Waals surface area (Å²) in [4.78, 5) is 0. The number of hydrogen-bond donors (Lipinski definition) is 1. The van der Waals surface area contributed by atoms with Gasteiger partial charge in [-0.25, -0.2) is 8.78 Å². The molecule has 2 aromatic rings. The van der Waals surface area contributed by atoms with Crippen LogP contribution in [0.5, 0.6) is 0 Å². The molecular weight excluding hydrogens is 300 g/mol. The molecule has 0 aromatic heterocycles. The van der Waals surface area contributed by atoms with E-state index in [9.17, 15) is 8.78 Å². The standard InChI is InChI=1S/C14H12BrF2N/c1-9-5-6-11(15)14(7-9)18-8-10-12(16)3-2-4-13(10)17/h2-7,18H,8H2,1H3. The van der Waals surface area contributed by atoms with Gasteiger partial charge in [-0.15, -0.1) is 0 Å². The molecule has 18 heavy (non-hydrogen) atoms. The summed E-state index contributed by atoms with van der Waals surface area (Å²) in [7, 11) is 0. The van der Waals surface area contributed by atoms with E-state index in [-0.39, 0.29) is 12.1 Å². The Morgan fingerprint density at radius 1 is 1.11 bits per heavy atom. The van der Waals surface area contributed by atoms with E-state index >= 15 is 0 Å². The fraction of sp³-hybridized carbons (Fsp3) is 0.143. The minimum absolute atomic E-state index is 0.0471. The van der Waals surface area contributed by atoms with Crippen LogP contribution in [0, 0.1) is 18.6 Å². The van der Waals surface area contributed by atoms with E-state index in [1.807, 2.05) is 25.1 Å². The Morgan fingerprint density at radius 3 is 2.44 bits per heavy atom. The van der Waals surface area contributed by atoms with Gasteiger partial charge < -0.3 is 5.32 Å². The predicted octanol–water partition coefficient (Wildman–Crippen LogP) is 4.65. The summed E-state index contributed by atoms with van der Waals surface area (Å²) in [6.07, 6.45) is 0. The van der Waals surface area contributed by atoms with E-state index in [0.717, 1.165) is 15.7 Å². The number of benzene rings is 2. The Kier molecular flexibility index (Phi) is 3.97. The first kappa shape index (κ1) is 13.0. The third-order valence-electron chi connectivity index (χ3n) is 2.64. The monoisotopic (exact) mass is 311 g/mol. The molecule has 0 amide bonds. The van der Waals surface area contributed by atoms with Gasteiger partial charge in [0.05, 0.1) is 0 Å². The van der Waals surface area contributed by atoms with Gasteiger partial charge in [-0.1, -0.05) is 12.1 Å². The van der Waals surface area contributed by atoms with Crippen molar-refractivity contribution >= 4 is 21.6 Å². The van der Waals surface area contributed by atoms with Crippen LogP contribution in [0.3, 0.4) is 0 Å². The van der Waals surface area contributed by atoms with Crippen LogP contribution in [0.25, 0.3) is 0 Å². The Hall–Kier alpha value is -1.42. The maximum absolute atomic E-state index is 13.4. The van der Waals surface area contributed by atoms with Crippen molar-refractivity contribution in [2.75, 3.05) is 5.32 Å². The number of rotatable bonds is 3. The minimum Gasteiger partial charge on any atom is -0.380 e. The Bertz CT molecular complexity index is 549. The summed E-state index contributed by atoms with van der Waals surface area (Å²) in [6.45, 7) is 2.07. The molecule has 0 aliphatic rings. The van der Waals surface area contributed by atoms with Gasteiger partial charge >= 0.3 is 0 Å². The molecule has 0 unspecified atom stereocenters. The molecule has 0 saturated carbocycles. The third-order valence-corrected chi connectivity index (χ3v) is 3.33. The SMILES string of the molecule is Cc1ccc(Br)c(NCc2c(F)cccc2F)c1. The van der Waals surface area contributed by atoms with Crippen LogP contribution < -0.4 is 5.32 Å². The molecule has 0 bridgehead atoms. The Morgan fingerprint density at radius 2 is 1.78 bits per heavy atom. The first-order valence-electron chi connectivity index (χ1n) is 5.51. The molecule has 4 heteroatoms. The first-order chi connectivity index (χ1) is 8.58. The van der Waals surface area contributed by atoms with Crippen LogP contribution in [-0.2, 0) is 6.54 Å². The van der Waals surface area contributed by atoms with Crippen molar-refractivity contribution in [3.8, 4) is 0 Å². The van der Waals surface area contributed by atoms with Gasteiger partial charge in [-0.2, -0.15) is 0 Å². The van der Waals surface area contributed by atoms with E-state index in [0.29, 0.717) is 0 Å². The molecule has 0 radical (unpaired) electrons. The molecule has 0 spiro atoms. The maximum atomic E-state index is 13.4. The van der Waals surface area contributed by atoms with Crippen molar-refractivity contribution in [1.82, 2.24) is 0 Å². The number of aryl methyl sites for hydroxylation is 1. The van der Waals surface area contributed by atoms with Gasteiger partial charge in [-0.3, -0.25) is 0 Å². The average Bonchev–Trinajstić information content (AvgIpc) is 2.33. The lowest BCUT2D eigenvalue weighted by Crippen LogP contribution is -2.05. The van der Waals surface area contributed by atoms with Gasteiger partial charge in [0, 0.05) is 22.3 Å². The van der Waals surface area contributed by atoms with Crippen LogP contribution in [0.15, 0.2) is 40.9 Å². The van der Waals surface area contributed by atoms with Gasteiger partial charge in [0.2, 0.25) is 0 Å². The molecule has 2 aromatic carbocycles. The van der Waals surface area contributed by atoms with Crippen LogP contribution in [0.1, 0.15) is 11.1 Å². The van der Waals surface area contributed by atoms with Crippen molar-refractivity contribution in [2.24, 2.45) is 0 Å². The first-order valence-corrected chi connectivity index (χ1v) is 6.30. The van der Waals surface area contributed by atoms with Crippen LogP contribution in [-0.4, -0.2) is 0 Å². The summed E-state index contributed by atoms with van der Waals surface area (Å²) in [5.74, 6) is -1.07. The van der Waals surface area contributed by atoms with Crippen molar-refractivity contribution in [1.29, 1.82) is 0 Å². The lowest BCUT2D eigenvalue weighted by molar-refractivity contribution is 0.560. The average molecular weight is 312 g/mol. The molecule has 0 saturated heterocycles. The second-order valence-electron chi connectivity index (χ2n) is 4.04. The molecule has 1 N–H and O–H groups in total. The van der Waals surface area contributed by atoms with E-state index in [1.54, 1.807) is 0 Å². The second kappa shape index (κ2) is 5.48. The molecular formula is C14H12BrF2N. The lowest BCUT2D eigenvalue weighted by atomic mass is 10.2. The molecule has 0 aliphatic heterocycles. The van der Waals surface area contributed by atoms with Crippen LogP contribution in [0.4, 0.5) is 14.5 Å². The predicted molar refractivity (Wildman–Crippen MR) is 72.6 cm³/mol. The van der Waals surface area contributed by atoms with E-state index in [2.05, 4.69) is 21.2 Å². The Labute approximate surface area is 113 Å². The zero-order chi connectivity index (χ0) is 13.1. The summed E-state index contributed by atoms with van der Waals surface area (Å²) < 4.78 is 27.7. The zero-order valence-electron chi connectivity index (χ0n) is 9.81. The van der Waals surface area contributed by atoms with Crippen molar-refractivity contribution in [3.63, 3.8) is 0 Å². The van der Waals surface area contributed by atoms with Gasteiger partial charge in [0.1, 0.15) is 11.6 Å². The fourth-order valence-electron chi connectivity index (χ4n) is 1.66. The summed E-state index contributed by atoms with van der Waals surface area (Å²) in [6, 6.07) is 9.64. The molecule has 94 valence electrons. The van der Waals surface area contributed by atoms with Crippen molar-refractivity contribution < 1.29 is 8.78 Å². The largest absolute Gasteiger partial charge is 0.380 e. The molecule has 0 aliphatic carbocycles. The molecule has 0 atom stereocenters. The highest BCUT2D eigenvalue weighted by Gasteiger charge is 2.08. The smallest absolute Gasteiger partial charge is 0.131 e. The molecule has 1 nitrogen and oxygen atoms in total. The number of halogens is 3. The quantitative estimate of drug-likeness (QED) is 0.870. The molecule has 0 fully saturated rings. The van der Waals surface area contributed by atoms with E-state index in [1.165, 1.54) is 18.2 Å². The van der Waals surface area contributed by atoms with Crippen LogP contribution in [0.2, 0.25) is 0 Å². The highest BCUT2D eigenvalue weighted by atomic mass is 79.9. The third kappa shape index (κ3) is 2.88. The summed E-state index contributed by atoms with van der Waals surface area (Å²) in [5.41, 5.74) is 1.94. The summed E-state index contributed by atoms with van der Waals surface area (Å²) >= 11 is 3.39. The van der Waals surface area contributed by atoms with E-state index < -0.39 is 11.6 Å². The number of nitrogens with one attached hydrogen (secondary N) is 1. The van der Waals surface area contributed by atoms with Crippen molar-refractivity contribution in [2.45, 2.75) is 13.5 Å². The highest BCUT2D eigenvalue weighted by molar-refractivity contribution is 9.10. The summed E-state index contributed by atoms with van der Waals surface area (Å²) in [5, 5.41) is 3.02. The van der Waals surface area contributed by atoms with E-state index in [4.69, 9.17) is 0 Å². The zero-order valence-corrected chi connectivity index (χ0v) is 11.4. The maximum Gasteiger partial charge on any atom is 0.131 e. The van der Waals surface area contributed by atoms with Crippen molar-refractivity contribution in [3.05, 3.63) is 63.6 Å². The number of anilines is 1. The Balaban J connectivity index is 2.19. The van der Waals surface area contributed by atoms with Crippen LogP contribution >= 0.6 is 15.9 Å². The van der Waals surface area contributed by atoms with Gasteiger partial charge in [0.25, 0.3) is 0 Å². The fourth-order valence-corrected chi connectivity index (χ4v) is 2.05. The number of hydrogen-bond acceptors (Lipinski definition) is 1. The highest BCUT2D eigenvalue weighted by Crippen LogP contribution is 2.24. The lowest BCUT2D eigenvalue weighted by Gasteiger charge is -2.10. The molecule has 2 rings (SSSR count). The normalized spacial score (nSPS) is 10.4. The second-order valence-corrected chi connectivity index (χ2v) is 4.89.